The van der Waals surface area contributed by atoms with E-state index in [0.717, 1.165) is 20.6 Å². The first-order chi connectivity index (χ1) is 15.8. The zero-order valence-electron chi connectivity index (χ0n) is 17.0. The predicted molar refractivity (Wildman–Crippen MR) is 132 cm³/mol. The number of fused-ring (bicyclic) bond motifs is 1. The van der Waals surface area contributed by atoms with Crippen molar-refractivity contribution in [3.63, 3.8) is 0 Å². The number of thiazole rings is 1. The molecule has 1 aliphatic carbocycles. The van der Waals surface area contributed by atoms with E-state index in [2.05, 4.69) is 9.71 Å². The number of nitrogens with one attached hydrogen (secondary N) is 1. The lowest BCUT2D eigenvalue weighted by atomic mass is 9.98. The first-order valence-electron chi connectivity index (χ1n) is 9.56. The smallest absolute Gasteiger partial charge is 0.229 e. The van der Waals surface area contributed by atoms with Crippen molar-refractivity contribution < 1.29 is 21.6 Å². The number of alkyl halides is 3. The maximum absolute atomic E-state index is 12.9. The van der Waals surface area contributed by atoms with Crippen molar-refractivity contribution in [3.8, 4) is 0 Å². The highest BCUT2D eigenvalue weighted by Crippen LogP contribution is 2.41. The summed E-state index contributed by atoms with van der Waals surface area (Å²) in [6, 6.07) is 6.80. The lowest BCUT2D eigenvalue weighted by Gasteiger charge is -2.25. The fraction of sp³-hybridized carbons (Fsp3) is 0.190. The quantitative estimate of drug-likeness (QED) is 0.333. The summed E-state index contributed by atoms with van der Waals surface area (Å²) in [5, 5.41) is 0.385. The van der Waals surface area contributed by atoms with Gasteiger partial charge in [0.2, 0.25) is 10.0 Å². The summed E-state index contributed by atoms with van der Waals surface area (Å²) in [5.41, 5.74) is -0.268. The van der Waals surface area contributed by atoms with Crippen molar-refractivity contribution in [1.82, 2.24) is 9.71 Å². The fourth-order valence-electron chi connectivity index (χ4n) is 3.19. The maximum Gasteiger partial charge on any atom is 0.416 e. The molecular formula is C21H14Cl3F3N2O2S3. The van der Waals surface area contributed by atoms with Crippen LogP contribution in [0.1, 0.15) is 12.5 Å². The van der Waals surface area contributed by atoms with Gasteiger partial charge in [-0.15, -0.1) is 11.3 Å². The van der Waals surface area contributed by atoms with Crippen LogP contribution >= 0.6 is 57.9 Å². The normalized spacial score (nSPS) is 19.3. The van der Waals surface area contributed by atoms with Crippen molar-refractivity contribution >= 4 is 78.1 Å². The highest BCUT2D eigenvalue weighted by Gasteiger charge is 2.33. The van der Waals surface area contributed by atoms with Gasteiger partial charge in [0.1, 0.15) is 4.90 Å². The first kappa shape index (κ1) is 25.8. The second kappa shape index (κ2) is 9.65. The predicted octanol–water partition coefficient (Wildman–Crippen LogP) is 7.72. The SMILES string of the molecule is CC1C=C(Sc2nc3cc(Cl)ccc3s2)C(Cl)=CC1NS(=O)(=O)c1ccc(C(F)(F)F)cc1Cl. The Bertz CT molecular complexity index is 1440. The molecule has 0 amide bonds. The van der Waals surface area contributed by atoms with Gasteiger partial charge in [-0.05, 0) is 48.4 Å². The van der Waals surface area contributed by atoms with Crippen LogP contribution in [0.25, 0.3) is 10.2 Å². The summed E-state index contributed by atoms with van der Waals surface area (Å²) in [6.07, 6.45) is -1.27. The molecule has 0 saturated heterocycles. The number of nitrogens with zero attached hydrogens (tertiary/aromatic N) is 1. The van der Waals surface area contributed by atoms with Gasteiger partial charge in [-0.2, -0.15) is 13.2 Å². The highest BCUT2D eigenvalue weighted by molar-refractivity contribution is 8.05. The Hall–Kier alpha value is -1.27. The monoisotopic (exact) mass is 584 g/mol. The molecular weight excluding hydrogens is 572 g/mol. The number of rotatable bonds is 5. The molecule has 4 nitrogen and oxygen atoms in total. The Morgan fingerprint density at radius 3 is 2.50 bits per heavy atom. The van der Waals surface area contributed by atoms with Crippen LogP contribution in [0.3, 0.4) is 0 Å². The molecule has 180 valence electrons. The van der Waals surface area contributed by atoms with E-state index in [9.17, 15) is 21.6 Å². The van der Waals surface area contributed by atoms with Gasteiger partial charge < -0.3 is 0 Å². The molecule has 3 aromatic rings. The van der Waals surface area contributed by atoms with Gasteiger partial charge >= 0.3 is 6.18 Å². The third kappa shape index (κ3) is 5.59. The third-order valence-corrected chi connectivity index (χ3v) is 9.70. The number of allylic oxidation sites excluding steroid dienone is 1. The lowest BCUT2D eigenvalue weighted by Crippen LogP contribution is -2.38. The van der Waals surface area contributed by atoms with Gasteiger partial charge in [0.05, 0.1) is 25.8 Å². The van der Waals surface area contributed by atoms with E-state index in [1.54, 1.807) is 25.1 Å². The Labute approximate surface area is 216 Å². The molecule has 0 aliphatic heterocycles. The second-order valence-electron chi connectivity index (χ2n) is 7.39. The molecule has 13 heteroatoms. The largest absolute Gasteiger partial charge is 0.416 e. The Morgan fingerprint density at radius 1 is 1.09 bits per heavy atom. The van der Waals surface area contributed by atoms with Gasteiger partial charge in [-0.3, -0.25) is 0 Å². The minimum absolute atomic E-state index is 0.308. The Balaban J connectivity index is 1.52. The number of hydrogen-bond donors (Lipinski definition) is 1. The van der Waals surface area contributed by atoms with Gasteiger partial charge in [-0.25, -0.2) is 18.1 Å². The van der Waals surface area contributed by atoms with E-state index < -0.39 is 37.7 Å². The van der Waals surface area contributed by atoms with Crippen molar-refractivity contribution in [1.29, 1.82) is 0 Å². The van der Waals surface area contributed by atoms with Crippen LogP contribution in [-0.2, 0) is 16.2 Å². The number of thioether (sulfide) groups is 1. The van der Waals surface area contributed by atoms with Gasteiger partial charge in [0.15, 0.2) is 4.34 Å². The molecule has 1 N–H and O–H groups in total. The van der Waals surface area contributed by atoms with Gasteiger partial charge in [0, 0.05) is 16.0 Å². The Morgan fingerprint density at radius 2 is 1.82 bits per heavy atom. The lowest BCUT2D eigenvalue weighted by molar-refractivity contribution is -0.137. The number of hydrogen-bond acceptors (Lipinski definition) is 5. The van der Waals surface area contributed by atoms with Crippen molar-refractivity contribution in [3.05, 3.63) is 74.1 Å². The molecule has 4 rings (SSSR count). The number of sulfonamides is 1. The third-order valence-electron chi connectivity index (χ3n) is 4.91. The summed E-state index contributed by atoms with van der Waals surface area (Å²) in [5.74, 6) is -0.308. The van der Waals surface area contributed by atoms with Crippen LogP contribution in [0.4, 0.5) is 13.2 Å². The van der Waals surface area contributed by atoms with E-state index in [-0.39, 0.29) is 5.92 Å². The van der Waals surface area contributed by atoms with Gasteiger partial charge in [0.25, 0.3) is 0 Å². The Kier molecular flexibility index (Phi) is 7.32. The molecule has 0 spiro atoms. The minimum atomic E-state index is -4.64. The van der Waals surface area contributed by atoms with Crippen LogP contribution in [0.15, 0.2) is 67.7 Å². The van der Waals surface area contributed by atoms with Crippen molar-refractivity contribution in [2.24, 2.45) is 5.92 Å². The zero-order valence-corrected chi connectivity index (χ0v) is 21.7. The number of halogens is 6. The standard InChI is InChI=1S/C21H14Cl3F3N2O2S3/c1-10-6-18(33-20-28-16-8-12(22)3-4-17(16)32-20)13(23)9-15(10)29-34(30,31)19-5-2-11(7-14(19)24)21(25,26)27/h2-10,15,29H,1H3. The van der Waals surface area contributed by atoms with Crippen LogP contribution in [0.5, 0.6) is 0 Å². The van der Waals surface area contributed by atoms with Crippen LogP contribution in [-0.4, -0.2) is 19.4 Å². The fourth-order valence-corrected chi connectivity index (χ4v) is 7.65. The van der Waals surface area contributed by atoms with Gasteiger partial charge in [-0.1, -0.05) is 59.6 Å². The first-order valence-corrected chi connectivity index (χ1v) is 13.8. The van der Waals surface area contributed by atoms with E-state index >= 15 is 0 Å². The highest BCUT2D eigenvalue weighted by atomic mass is 35.5. The summed E-state index contributed by atoms with van der Waals surface area (Å²) >= 11 is 21.1. The molecule has 0 fully saturated rings. The molecule has 0 saturated carbocycles. The summed E-state index contributed by atoms with van der Waals surface area (Å²) in [7, 11) is -4.22. The maximum atomic E-state index is 12.9. The molecule has 34 heavy (non-hydrogen) atoms. The van der Waals surface area contributed by atoms with Crippen LogP contribution in [0, 0.1) is 5.92 Å². The molecule has 1 heterocycles. The van der Waals surface area contributed by atoms with Crippen molar-refractivity contribution in [2.45, 2.75) is 28.4 Å². The molecule has 1 aliphatic rings. The zero-order chi connectivity index (χ0) is 24.8. The van der Waals surface area contributed by atoms with Crippen LogP contribution in [0.2, 0.25) is 10.0 Å². The van der Waals surface area contributed by atoms with E-state index in [0.29, 0.717) is 27.1 Å². The second-order valence-corrected chi connectivity index (χ2v) is 12.6. The summed E-state index contributed by atoms with van der Waals surface area (Å²) < 4.78 is 68.5. The molecule has 0 bridgehead atoms. The number of benzene rings is 2. The average molecular weight is 586 g/mol. The average Bonchev–Trinajstić information content (AvgIpc) is 3.12. The minimum Gasteiger partial charge on any atom is -0.229 e. The molecule has 2 atom stereocenters. The topological polar surface area (TPSA) is 59.1 Å². The molecule has 2 unspecified atom stereocenters. The summed E-state index contributed by atoms with van der Waals surface area (Å²) in [6.45, 7) is 1.79. The molecule has 2 aromatic carbocycles. The van der Waals surface area contributed by atoms with Crippen LogP contribution < -0.4 is 4.72 Å². The van der Waals surface area contributed by atoms with E-state index in [4.69, 9.17) is 34.8 Å². The molecule has 0 radical (unpaired) electrons. The van der Waals surface area contributed by atoms with E-state index in [1.807, 2.05) is 12.1 Å². The molecule has 1 aromatic heterocycles. The van der Waals surface area contributed by atoms with E-state index in [1.165, 1.54) is 23.1 Å². The van der Waals surface area contributed by atoms with Crippen molar-refractivity contribution in [2.75, 3.05) is 0 Å². The number of aromatic nitrogens is 1. The summed E-state index contributed by atoms with van der Waals surface area (Å²) in [4.78, 5) is 4.81.